The first-order valence-electron chi connectivity index (χ1n) is 6.75. The molecule has 0 saturated carbocycles. The van der Waals surface area contributed by atoms with Crippen LogP contribution in [0.3, 0.4) is 0 Å². The lowest BCUT2D eigenvalue weighted by atomic mass is 10.1. The van der Waals surface area contributed by atoms with Gasteiger partial charge >= 0.3 is 0 Å². The van der Waals surface area contributed by atoms with Gasteiger partial charge in [0.1, 0.15) is 11.6 Å². The van der Waals surface area contributed by atoms with E-state index in [4.69, 9.17) is 4.42 Å². The highest BCUT2D eigenvalue weighted by Gasteiger charge is 2.05. The van der Waals surface area contributed by atoms with Gasteiger partial charge < -0.3 is 9.73 Å². The fraction of sp³-hybridized carbons (Fsp3) is 0.375. The summed E-state index contributed by atoms with van der Waals surface area (Å²) in [6.45, 7) is 2.94. The maximum Gasteiger partial charge on any atom is 0.126 e. The van der Waals surface area contributed by atoms with Crippen LogP contribution in [0.1, 0.15) is 24.7 Å². The van der Waals surface area contributed by atoms with E-state index in [0.717, 1.165) is 37.1 Å². The molecule has 0 aliphatic carbocycles. The van der Waals surface area contributed by atoms with Gasteiger partial charge in [-0.3, -0.25) is 0 Å². The highest BCUT2D eigenvalue weighted by Crippen LogP contribution is 2.08. The van der Waals surface area contributed by atoms with Crippen molar-refractivity contribution < 1.29 is 8.81 Å². The van der Waals surface area contributed by atoms with Gasteiger partial charge in [-0.15, -0.1) is 0 Å². The lowest BCUT2D eigenvalue weighted by molar-refractivity contribution is 0.460. The van der Waals surface area contributed by atoms with Crippen molar-refractivity contribution in [2.45, 2.75) is 32.2 Å². The Hall–Kier alpha value is -1.61. The first kappa shape index (κ1) is 13.8. The van der Waals surface area contributed by atoms with E-state index in [-0.39, 0.29) is 5.82 Å². The molecule has 0 bridgehead atoms. The highest BCUT2D eigenvalue weighted by molar-refractivity contribution is 5.17. The van der Waals surface area contributed by atoms with E-state index in [9.17, 15) is 4.39 Å². The van der Waals surface area contributed by atoms with E-state index in [1.165, 1.54) is 6.07 Å². The molecule has 1 heterocycles. The number of hydrogen-bond donors (Lipinski definition) is 1. The molecule has 1 aromatic heterocycles. The van der Waals surface area contributed by atoms with Gasteiger partial charge in [0.05, 0.1) is 6.26 Å². The Morgan fingerprint density at radius 3 is 2.74 bits per heavy atom. The smallest absolute Gasteiger partial charge is 0.126 e. The molecule has 2 rings (SSSR count). The van der Waals surface area contributed by atoms with E-state index < -0.39 is 0 Å². The van der Waals surface area contributed by atoms with Crippen molar-refractivity contribution in [2.24, 2.45) is 0 Å². The van der Waals surface area contributed by atoms with E-state index in [1.807, 2.05) is 24.3 Å². The van der Waals surface area contributed by atoms with E-state index in [1.54, 1.807) is 12.3 Å². The number of benzene rings is 1. The molecule has 3 heteroatoms. The van der Waals surface area contributed by atoms with Crippen molar-refractivity contribution in [3.63, 3.8) is 0 Å². The summed E-state index contributed by atoms with van der Waals surface area (Å²) in [5.41, 5.74) is 0.772. The summed E-state index contributed by atoms with van der Waals surface area (Å²) >= 11 is 0. The Morgan fingerprint density at radius 2 is 2.00 bits per heavy atom. The molecule has 1 unspecified atom stereocenters. The van der Waals surface area contributed by atoms with Crippen LogP contribution in [0.2, 0.25) is 0 Å². The molecule has 2 nitrogen and oxygen atoms in total. The average molecular weight is 261 g/mol. The van der Waals surface area contributed by atoms with E-state index >= 15 is 0 Å². The summed E-state index contributed by atoms with van der Waals surface area (Å²) in [6, 6.07) is 11.2. The lowest BCUT2D eigenvalue weighted by Gasteiger charge is -2.13. The molecule has 0 spiro atoms. The summed E-state index contributed by atoms with van der Waals surface area (Å²) < 4.78 is 18.7. The SMILES string of the molecule is CC(CCc1ccco1)NCCc1ccccc1F. The van der Waals surface area contributed by atoms with Gasteiger partial charge in [0.15, 0.2) is 0 Å². The van der Waals surface area contributed by atoms with Crippen molar-refractivity contribution in [1.82, 2.24) is 5.32 Å². The minimum atomic E-state index is -0.118. The first-order chi connectivity index (χ1) is 9.25. The molecule has 0 radical (unpaired) electrons. The second-order valence-electron chi connectivity index (χ2n) is 4.81. The molecule has 102 valence electrons. The summed E-state index contributed by atoms with van der Waals surface area (Å²) in [6.07, 6.45) is 4.37. The van der Waals surface area contributed by atoms with Crippen LogP contribution in [0.15, 0.2) is 47.1 Å². The predicted molar refractivity (Wildman–Crippen MR) is 74.6 cm³/mol. The maximum atomic E-state index is 13.4. The van der Waals surface area contributed by atoms with E-state index in [0.29, 0.717) is 6.04 Å². The Balaban J connectivity index is 1.66. The monoisotopic (exact) mass is 261 g/mol. The molecule has 0 aliphatic rings. The minimum Gasteiger partial charge on any atom is -0.469 e. The van der Waals surface area contributed by atoms with Gasteiger partial charge in [0, 0.05) is 12.5 Å². The highest BCUT2D eigenvalue weighted by atomic mass is 19.1. The maximum absolute atomic E-state index is 13.4. The molecule has 0 fully saturated rings. The molecular formula is C16H20FNO. The molecule has 0 saturated heterocycles. The van der Waals surface area contributed by atoms with Crippen molar-refractivity contribution >= 4 is 0 Å². The van der Waals surface area contributed by atoms with Gasteiger partial charge in [-0.1, -0.05) is 18.2 Å². The van der Waals surface area contributed by atoms with Crippen molar-refractivity contribution in [3.8, 4) is 0 Å². The van der Waals surface area contributed by atoms with Gasteiger partial charge in [-0.2, -0.15) is 0 Å². The second kappa shape index (κ2) is 7.10. The van der Waals surface area contributed by atoms with Crippen LogP contribution in [0.5, 0.6) is 0 Å². The first-order valence-corrected chi connectivity index (χ1v) is 6.75. The van der Waals surface area contributed by atoms with Crippen molar-refractivity contribution in [1.29, 1.82) is 0 Å². The van der Waals surface area contributed by atoms with Crippen molar-refractivity contribution in [2.75, 3.05) is 6.54 Å². The van der Waals surface area contributed by atoms with E-state index in [2.05, 4.69) is 12.2 Å². The quantitative estimate of drug-likeness (QED) is 0.824. The molecule has 1 N–H and O–H groups in total. The normalized spacial score (nSPS) is 12.5. The Kier molecular flexibility index (Phi) is 5.16. The number of rotatable bonds is 7. The number of hydrogen-bond acceptors (Lipinski definition) is 2. The van der Waals surface area contributed by atoms with Crippen LogP contribution in [-0.2, 0) is 12.8 Å². The summed E-state index contributed by atoms with van der Waals surface area (Å²) in [5, 5.41) is 3.41. The van der Waals surface area contributed by atoms with Gasteiger partial charge in [-0.25, -0.2) is 4.39 Å². The van der Waals surface area contributed by atoms with Crippen LogP contribution < -0.4 is 5.32 Å². The molecule has 2 aromatic rings. The zero-order chi connectivity index (χ0) is 13.5. The Morgan fingerprint density at radius 1 is 1.16 bits per heavy atom. The predicted octanol–water partition coefficient (Wildman–Crippen LogP) is 3.57. The molecular weight excluding hydrogens is 241 g/mol. The number of furan rings is 1. The van der Waals surface area contributed by atoms with Crippen LogP contribution in [0.25, 0.3) is 0 Å². The molecule has 1 aromatic carbocycles. The number of aryl methyl sites for hydroxylation is 1. The zero-order valence-electron chi connectivity index (χ0n) is 11.2. The minimum absolute atomic E-state index is 0.118. The number of nitrogens with one attached hydrogen (secondary N) is 1. The van der Waals surface area contributed by atoms with Gasteiger partial charge in [-0.05, 0) is 50.1 Å². The van der Waals surface area contributed by atoms with Crippen LogP contribution >= 0.6 is 0 Å². The fourth-order valence-electron chi connectivity index (χ4n) is 2.07. The number of halogens is 1. The van der Waals surface area contributed by atoms with Crippen LogP contribution in [-0.4, -0.2) is 12.6 Å². The molecule has 1 atom stereocenters. The Labute approximate surface area is 113 Å². The van der Waals surface area contributed by atoms with Crippen LogP contribution in [0.4, 0.5) is 4.39 Å². The third-order valence-corrected chi connectivity index (χ3v) is 3.25. The zero-order valence-corrected chi connectivity index (χ0v) is 11.2. The van der Waals surface area contributed by atoms with Gasteiger partial charge in [0.25, 0.3) is 0 Å². The topological polar surface area (TPSA) is 25.2 Å². The molecule has 19 heavy (non-hydrogen) atoms. The molecule has 0 aliphatic heterocycles. The summed E-state index contributed by atoms with van der Waals surface area (Å²) in [4.78, 5) is 0. The standard InChI is InChI=1S/C16H20FNO/c1-13(8-9-15-6-4-12-19-15)18-11-10-14-5-2-3-7-16(14)17/h2-7,12-13,18H,8-11H2,1H3. The lowest BCUT2D eigenvalue weighted by Crippen LogP contribution is -2.28. The second-order valence-corrected chi connectivity index (χ2v) is 4.81. The third-order valence-electron chi connectivity index (χ3n) is 3.25. The van der Waals surface area contributed by atoms with Crippen molar-refractivity contribution in [3.05, 3.63) is 59.8 Å². The summed E-state index contributed by atoms with van der Waals surface area (Å²) in [7, 11) is 0. The van der Waals surface area contributed by atoms with Gasteiger partial charge in [0.2, 0.25) is 0 Å². The largest absolute Gasteiger partial charge is 0.469 e. The summed E-state index contributed by atoms with van der Waals surface area (Å²) in [5.74, 6) is 0.898. The van der Waals surface area contributed by atoms with Crippen LogP contribution in [0, 0.1) is 5.82 Å². The third kappa shape index (κ3) is 4.52. The molecule has 0 amide bonds. The Bertz CT molecular complexity index is 481. The average Bonchev–Trinajstić information content (AvgIpc) is 2.92. The fourth-order valence-corrected chi connectivity index (χ4v) is 2.07.